The summed E-state index contributed by atoms with van der Waals surface area (Å²) in [6.45, 7) is 0.876. The largest absolute Gasteiger partial charge is 0.384 e. The average Bonchev–Trinajstić information content (AvgIpc) is 2.52. The highest BCUT2D eigenvalue weighted by molar-refractivity contribution is 5.48. The van der Waals surface area contributed by atoms with Gasteiger partial charge in [-0.25, -0.2) is 0 Å². The van der Waals surface area contributed by atoms with Crippen molar-refractivity contribution >= 4 is 11.4 Å². The summed E-state index contributed by atoms with van der Waals surface area (Å²) in [6.07, 6.45) is 6.98. The van der Waals surface area contributed by atoms with Gasteiger partial charge in [0.05, 0.1) is 16.4 Å². The second-order valence-electron chi connectivity index (χ2n) is 8.01. The maximum absolute atomic E-state index is 10.7. The molecule has 1 aromatic rings. The van der Waals surface area contributed by atoms with Crippen LogP contribution in [0.5, 0.6) is 0 Å². The van der Waals surface area contributed by atoms with Gasteiger partial charge < -0.3 is 5.32 Å². The van der Waals surface area contributed by atoms with Crippen molar-refractivity contribution in [3.8, 4) is 6.07 Å². The Labute approximate surface area is 135 Å². The molecule has 2 atom stereocenters. The predicted octanol–water partition coefficient (Wildman–Crippen LogP) is 4.12. The number of nitro groups is 1. The van der Waals surface area contributed by atoms with Gasteiger partial charge >= 0.3 is 0 Å². The second kappa shape index (κ2) is 4.95. The summed E-state index contributed by atoms with van der Waals surface area (Å²) < 4.78 is 0. The number of benzene rings is 1. The fourth-order valence-corrected chi connectivity index (χ4v) is 5.78. The van der Waals surface area contributed by atoms with Gasteiger partial charge in [-0.1, -0.05) is 0 Å². The summed E-state index contributed by atoms with van der Waals surface area (Å²) in [5.74, 6) is 1.43. The molecule has 0 saturated heterocycles. The van der Waals surface area contributed by atoms with E-state index in [-0.39, 0.29) is 21.4 Å². The molecule has 120 valence electrons. The SMILES string of the molecule is N#CC12CC3CC(C1)CC(CNc1ccc([N+](=O)[O-])cc1)(C3)C2. The molecule has 0 aliphatic heterocycles. The first-order valence-corrected chi connectivity index (χ1v) is 8.41. The highest BCUT2D eigenvalue weighted by Gasteiger charge is 2.57. The van der Waals surface area contributed by atoms with Crippen molar-refractivity contribution in [2.45, 2.75) is 38.5 Å². The zero-order valence-corrected chi connectivity index (χ0v) is 13.1. The Balaban J connectivity index is 1.48. The van der Waals surface area contributed by atoms with E-state index >= 15 is 0 Å². The van der Waals surface area contributed by atoms with E-state index in [1.807, 2.05) is 0 Å². The molecule has 23 heavy (non-hydrogen) atoms. The monoisotopic (exact) mass is 311 g/mol. The lowest BCUT2D eigenvalue weighted by molar-refractivity contribution is -0.384. The molecule has 4 aliphatic rings. The third-order valence-corrected chi connectivity index (χ3v) is 6.17. The lowest BCUT2D eigenvalue weighted by Gasteiger charge is -2.60. The molecule has 4 aliphatic carbocycles. The fraction of sp³-hybridized carbons (Fsp3) is 0.611. The summed E-state index contributed by atoms with van der Waals surface area (Å²) in [4.78, 5) is 10.3. The minimum atomic E-state index is -0.375. The molecular formula is C18H21N3O2. The summed E-state index contributed by atoms with van der Waals surface area (Å²) in [7, 11) is 0. The van der Waals surface area contributed by atoms with Gasteiger partial charge in [0.1, 0.15) is 0 Å². The summed E-state index contributed by atoms with van der Waals surface area (Å²) in [5.41, 5.74) is 1.20. The Morgan fingerprint density at radius 1 is 1.22 bits per heavy atom. The van der Waals surface area contributed by atoms with Crippen molar-refractivity contribution in [1.82, 2.24) is 0 Å². The molecule has 0 aromatic heterocycles. The highest BCUT2D eigenvalue weighted by atomic mass is 16.6. The van der Waals surface area contributed by atoms with Gasteiger partial charge in [0.15, 0.2) is 0 Å². The first-order chi connectivity index (χ1) is 11.0. The minimum Gasteiger partial charge on any atom is -0.384 e. The average molecular weight is 311 g/mol. The highest BCUT2D eigenvalue weighted by Crippen LogP contribution is 2.64. The molecule has 4 bridgehead atoms. The van der Waals surface area contributed by atoms with Crippen LogP contribution in [0, 0.1) is 44.1 Å². The molecule has 0 spiro atoms. The van der Waals surface area contributed by atoms with Gasteiger partial charge in [-0.15, -0.1) is 0 Å². The number of nitrogens with one attached hydrogen (secondary N) is 1. The third-order valence-electron chi connectivity index (χ3n) is 6.17. The van der Waals surface area contributed by atoms with Gasteiger partial charge in [-0.05, 0) is 67.9 Å². The Hall–Kier alpha value is -2.09. The fourth-order valence-electron chi connectivity index (χ4n) is 5.78. The number of hydrogen-bond donors (Lipinski definition) is 1. The summed E-state index contributed by atoms with van der Waals surface area (Å²) in [5, 5.41) is 23.9. The molecule has 0 heterocycles. The van der Waals surface area contributed by atoms with Crippen molar-refractivity contribution in [3.05, 3.63) is 34.4 Å². The van der Waals surface area contributed by atoms with Crippen LogP contribution in [0.2, 0.25) is 0 Å². The molecule has 0 amide bonds. The van der Waals surface area contributed by atoms with Crippen LogP contribution in [0.1, 0.15) is 38.5 Å². The van der Waals surface area contributed by atoms with Crippen molar-refractivity contribution < 1.29 is 4.92 Å². The number of nitriles is 1. The number of anilines is 1. The van der Waals surface area contributed by atoms with Crippen molar-refractivity contribution in [1.29, 1.82) is 5.26 Å². The molecular weight excluding hydrogens is 290 g/mol. The quantitative estimate of drug-likeness (QED) is 0.670. The van der Waals surface area contributed by atoms with E-state index in [0.29, 0.717) is 0 Å². The maximum atomic E-state index is 10.7. The first-order valence-electron chi connectivity index (χ1n) is 8.41. The lowest BCUT2D eigenvalue weighted by Crippen LogP contribution is -2.53. The van der Waals surface area contributed by atoms with E-state index in [0.717, 1.165) is 43.3 Å². The van der Waals surface area contributed by atoms with Crippen molar-refractivity contribution in [2.75, 3.05) is 11.9 Å². The molecule has 5 rings (SSSR count). The molecule has 1 N–H and O–H groups in total. The van der Waals surface area contributed by atoms with Crippen LogP contribution >= 0.6 is 0 Å². The number of hydrogen-bond acceptors (Lipinski definition) is 4. The number of rotatable bonds is 4. The van der Waals surface area contributed by atoms with Gasteiger partial charge in [0, 0.05) is 24.4 Å². The van der Waals surface area contributed by atoms with Crippen LogP contribution in [0.3, 0.4) is 0 Å². The van der Waals surface area contributed by atoms with Crippen molar-refractivity contribution in [3.63, 3.8) is 0 Å². The van der Waals surface area contributed by atoms with E-state index < -0.39 is 0 Å². The standard InChI is InChI=1S/C18H21N3O2/c19-11-17-6-13-5-14(7-17)9-18(8-13,10-17)12-20-15-1-3-16(4-2-15)21(22)23/h1-4,13-14,20H,5-10,12H2. The molecule has 2 unspecified atom stereocenters. The Morgan fingerprint density at radius 2 is 1.87 bits per heavy atom. The van der Waals surface area contributed by atoms with Crippen LogP contribution in [0.15, 0.2) is 24.3 Å². The molecule has 1 aromatic carbocycles. The molecule has 0 radical (unpaired) electrons. The smallest absolute Gasteiger partial charge is 0.269 e. The van der Waals surface area contributed by atoms with E-state index in [9.17, 15) is 15.4 Å². The number of nitrogens with zero attached hydrogens (tertiary/aromatic N) is 2. The molecule has 4 saturated carbocycles. The molecule has 5 heteroatoms. The zero-order valence-electron chi connectivity index (χ0n) is 13.1. The Bertz CT molecular complexity index is 663. The van der Waals surface area contributed by atoms with Gasteiger partial charge in [0.25, 0.3) is 5.69 Å². The van der Waals surface area contributed by atoms with Gasteiger partial charge in [-0.3, -0.25) is 10.1 Å². The van der Waals surface area contributed by atoms with E-state index in [1.165, 1.54) is 19.3 Å². The summed E-state index contributed by atoms with van der Waals surface area (Å²) >= 11 is 0. The second-order valence-corrected chi connectivity index (χ2v) is 8.01. The van der Waals surface area contributed by atoms with Crippen LogP contribution in [-0.2, 0) is 0 Å². The van der Waals surface area contributed by atoms with Crippen LogP contribution in [0.25, 0.3) is 0 Å². The van der Waals surface area contributed by atoms with Crippen molar-refractivity contribution in [2.24, 2.45) is 22.7 Å². The summed E-state index contributed by atoms with van der Waals surface area (Å²) in [6, 6.07) is 9.28. The number of nitro benzene ring substituents is 1. The van der Waals surface area contributed by atoms with E-state index in [1.54, 1.807) is 24.3 Å². The van der Waals surface area contributed by atoms with Crippen LogP contribution in [0.4, 0.5) is 11.4 Å². The predicted molar refractivity (Wildman–Crippen MR) is 86.7 cm³/mol. The maximum Gasteiger partial charge on any atom is 0.269 e. The first kappa shape index (κ1) is 14.5. The third kappa shape index (κ3) is 2.46. The van der Waals surface area contributed by atoms with E-state index in [2.05, 4.69) is 11.4 Å². The minimum absolute atomic E-state index is 0.0821. The Kier molecular flexibility index (Phi) is 3.12. The van der Waals surface area contributed by atoms with Gasteiger partial charge in [-0.2, -0.15) is 5.26 Å². The van der Waals surface area contributed by atoms with E-state index in [4.69, 9.17) is 0 Å². The topological polar surface area (TPSA) is 79.0 Å². The van der Waals surface area contributed by atoms with Crippen LogP contribution < -0.4 is 5.32 Å². The molecule has 4 fully saturated rings. The number of non-ortho nitro benzene ring substituents is 1. The van der Waals surface area contributed by atoms with Crippen LogP contribution in [-0.4, -0.2) is 11.5 Å². The van der Waals surface area contributed by atoms with Gasteiger partial charge in [0.2, 0.25) is 0 Å². The molecule has 5 nitrogen and oxygen atoms in total. The normalized spacial score (nSPS) is 37.3. The lowest BCUT2D eigenvalue weighted by atomic mass is 9.44. The Morgan fingerprint density at radius 3 is 2.43 bits per heavy atom. The zero-order chi connectivity index (χ0) is 16.1.